The summed E-state index contributed by atoms with van der Waals surface area (Å²) in [6, 6.07) is 5.18. The van der Waals surface area contributed by atoms with E-state index in [1.807, 2.05) is 0 Å². The molecule has 0 aliphatic carbocycles. The third-order valence-electron chi connectivity index (χ3n) is 2.57. The summed E-state index contributed by atoms with van der Waals surface area (Å²) in [5, 5.41) is 3.88. The van der Waals surface area contributed by atoms with Gasteiger partial charge < -0.3 is 0 Å². The molecule has 0 bridgehead atoms. The Morgan fingerprint density at radius 2 is 1.95 bits per heavy atom. The first-order valence-electron chi connectivity index (χ1n) is 5.31. The third-order valence-corrected chi connectivity index (χ3v) is 3.22. The maximum atomic E-state index is 13.8. The molecule has 19 heavy (non-hydrogen) atoms. The Morgan fingerprint density at radius 3 is 2.42 bits per heavy atom. The largest absolute Gasteiger partial charge is 0.435 e. The summed E-state index contributed by atoms with van der Waals surface area (Å²) >= 11 is 3.18. The van der Waals surface area contributed by atoms with Gasteiger partial charge in [-0.25, -0.2) is 9.07 Å². The molecule has 0 saturated heterocycles. The SMILES string of the molecule is Cc1cc(C(F)(F)F)nn1-c1ccc(CBr)cc1F. The quantitative estimate of drug-likeness (QED) is 0.592. The third kappa shape index (κ3) is 2.80. The highest BCUT2D eigenvalue weighted by Crippen LogP contribution is 2.29. The number of benzene rings is 1. The van der Waals surface area contributed by atoms with Gasteiger partial charge in [0.2, 0.25) is 0 Å². The van der Waals surface area contributed by atoms with Crippen LogP contribution in [0.2, 0.25) is 0 Å². The van der Waals surface area contributed by atoms with Crippen molar-refractivity contribution in [2.45, 2.75) is 18.4 Å². The molecule has 0 N–H and O–H groups in total. The zero-order valence-corrected chi connectivity index (χ0v) is 11.4. The van der Waals surface area contributed by atoms with E-state index >= 15 is 0 Å². The lowest BCUT2D eigenvalue weighted by atomic mass is 10.2. The Bertz CT molecular complexity index is 604. The van der Waals surface area contributed by atoms with Gasteiger partial charge in [0.25, 0.3) is 0 Å². The molecular weight excluding hydrogens is 328 g/mol. The van der Waals surface area contributed by atoms with Crippen LogP contribution >= 0.6 is 15.9 Å². The number of hydrogen-bond acceptors (Lipinski definition) is 1. The highest BCUT2D eigenvalue weighted by atomic mass is 79.9. The average Bonchev–Trinajstić information content (AvgIpc) is 2.71. The normalized spacial score (nSPS) is 11.9. The van der Waals surface area contributed by atoms with Crippen molar-refractivity contribution in [2.24, 2.45) is 0 Å². The molecule has 0 saturated carbocycles. The average molecular weight is 337 g/mol. The number of nitrogens with zero attached hydrogens (tertiary/aromatic N) is 2. The summed E-state index contributed by atoms with van der Waals surface area (Å²) in [4.78, 5) is 0. The molecule has 0 spiro atoms. The van der Waals surface area contributed by atoms with Crippen molar-refractivity contribution in [1.82, 2.24) is 9.78 Å². The minimum Gasteiger partial charge on any atom is -0.235 e. The van der Waals surface area contributed by atoms with E-state index in [9.17, 15) is 17.6 Å². The highest BCUT2D eigenvalue weighted by molar-refractivity contribution is 9.08. The second-order valence-corrected chi connectivity index (χ2v) is 4.56. The summed E-state index contributed by atoms with van der Waals surface area (Å²) in [6.45, 7) is 1.44. The number of hydrogen-bond donors (Lipinski definition) is 0. The van der Waals surface area contributed by atoms with Gasteiger partial charge in [0.15, 0.2) is 5.69 Å². The lowest BCUT2D eigenvalue weighted by molar-refractivity contribution is -0.141. The summed E-state index contributed by atoms with van der Waals surface area (Å²) in [6.07, 6.45) is -4.54. The Labute approximate surface area is 115 Å². The first-order valence-corrected chi connectivity index (χ1v) is 6.43. The maximum absolute atomic E-state index is 13.8. The van der Waals surface area contributed by atoms with Gasteiger partial charge in [0, 0.05) is 11.0 Å². The van der Waals surface area contributed by atoms with Crippen LogP contribution in [0.15, 0.2) is 24.3 Å². The molecule has 0 amide bonds. The predicted octanol–water partition coefficient (Wildman–Crippen LogP) is 4.23. The topological polar surface area (TPSA) is 17.8 Å². The molecule has 1 heterocycles. The molecule has 102 valence electrons. The molecule has 0 aliphatic heterocycles. The van der Waals surface area contributed by atoms with E-state index in [4.69, 9.17) is 0 Å². The summed E-state index contributed by atoms with van der Waals surface area (Å²) < 4.78 is 52.4. The molecule has 7 heteroatoms. The zero-order valence-electron chi connectivity index (χ0n) is 9.80. The van der Waals surface area contributed by atoms with E-state index in [0.717, 1.165) is 10.7 Å². The van der Waals surface area contributed by atoms with Crippen molar-refractivity contribution in [1.29, 1.82) is 0 Å². The van der Waals surface area contributed by atoms with Crippen LogP contribution in [0.5, 0.6) is 0 Å². The predicted molar refractivity (Wildman–Crippen MR) is 65.9 cm³/mol. The van der Waals surface area contributed by atoms with Crippen LogP contribution in [0, 0.1) is 12.7 Å². The van der Waals surface area contributed by atoms with Gasteiger partial charge in [-0.15, -0.1) is 0 Å². The van der Waals surface area contributed by atoms with Crippen LogP contribution in [0.3, 0.4) is 0 Å². The lowest BCUT2D eigenvalue weighted by Gasteiger charge is -2.07. The Kier molecular flexibility index (Phi) is 3.66. The molecule has 2 nitrogen and oxygen atoms in total. The van der Waals surface area contributed by atoms with Gasteiger partial charge in [-0.05, 0) is 30.7 Å². The molecule has 0 radical (unpaired) electrons. The molecule has 0 atom stereocenters. The zero-order chi connectivity index (χ0) is 14.2. The molecule has 1 aromatic carbocycles. The second kappa shape index (κ2) is 4.96. The number of aromatic nitrogens is 2. The van der Waals surface area contributed by atoms with Crippen molar-refractivity contribution in [3.05, 3.63) is 47.0 Å². The summed E-state index contributed by atoms with van der Waals surface area (Å²) in [5.74, 6) is -0.614. The minimum absolute atomic E-state index is 0.00213. The Hall–Kier alpha value is -1.37. The van der Waals surface area contributed by atoms with Crippen LogP contribution in [0.4, 0.5) is 17.6 Å². The lowest BCUT2D eigenvalue weighted by Crippen LogP contribution is -2.08. The van der Waals surface area contributed by atoms with E-state index in [0.29, 0.717) is 10.9 Å². The number of rotatable bonds is 2. The van der Waals surface area contributed by atoms with Crippen molar-refractivity contribution < 1.29 is 17.6 Å². The van der Waals surface area contributed by atoms with Gasteiger partial charge in [0.1, 0.15) is 11.5 Å². The molecule has 2 aromatic rings. The summed E-state index contributed by atoms with van der Waals surface area (Å²) in [7, 11) is 0. The van der Waals surface area contributed by atoms with E-state index in [-0.39, 0.29) is 11.4 Å². The van der Waals surface area contributed by atoms with Crippen LogP contribution in [-0.4, -0.2) is 9.78 Å². The van der Waals surface area contributed by atoms with Crippen LogP contribution < -0.4 is 0 Å². The van der Waals surface area contributed by atoms with Crippen LogP contribution in [0.1, 0.15) is 17.0 Å². The van der Waals surface area contributed by atoms with E-state index in [1.54, 1.807) is 6.07 Å². The van der Waals surface area contributed by atoms with Crippen molar-refractivity contribution in [3.63, 3.8) is 0 Å². The molecule has 0 unspecified atom stereocenters. The van der Waals surface area contributed by atoms with Gasteiger partial charge in [-0.3, -0.25) is 0 Å². The van der Waals surface area contributed by atoms with Gasteiger partial charge in [-0.2, -0.15) is 18.3 Å². The van der Waals surface area contributed by atoms with Gasteiger partial charge in [0.05, 0.1) is 0 Å². The van der Waals surface area contributed by atoms with Crippen molar-refractivity contribution in [2.75, 3.05) is 0 Å². The standard InChI is InChI=1S/C12H9BrF4N2/c1-7-4-11(12(15,16)17)18-19(7)10-3-2-8(6-13)5-9(10)14/h2-5H,6H2,1H3. The molecule has 0 aliphatic rings. The fourth-order valence-electron chi connectivity index (χ4n) is 1.66. The maximum Gasteiger partial charge on any atom is 0.435 e. The monoisotopic (exact) mass is 336 g/mol. The molecular formula is C12H9BrF4N2. The van der Waals surface area contributed by atoms with Gasteiger partial charge >= 0.3 is 6.18 Å². The van der Waals surface area contributed by atoms with E-state index in [1.165, 1.54) is 19.1 Å². The fourth-order valence-corrected chi connectivity index (χ4v) is 2.01. The minimum atomic E-state index is -4.54. The first-order chi connectivity index (χ1) is 8.82. The molecule has 1 aromatic heterocycles. The smallest absolute Gasteiger partial charge is 0.235 e. The van der Waals surface area contributed by atoms with Crippen LogP contribution in [0.25, 0.3) is 5.69 Å². The number of aryl methyl sites for hydroxylation is 1. The molecule has 2 rings (SSSR count). The van der Waals surface area contributed by atoms with E-state index < -0.39 is 17.7 Å². The van der Waals surface area contributed by atoms with Gasteiger partial charge in [-0.1, -0.05) is 22.0 Å². The van der Waals surface area contributed by atoms with Crippen molar-refractivity contribution in [3.8, 4) is 5.69 Å². The highest BCUT2D eigenvalue weighted by Gasteiger charge is 2.34. The number of alkyl halides is 4. The fraction of sp³-hybridized carbons (Fsp3) is 0.250. The first kappa shape index (κ1) is 14.0. The summed E-state index contributed by atoms with van der Waals surface area (Å²) in [5.41, 5.74) is -0.119. The Balaban J connectivity index is 2.51. The van der Waals surface area contributed by atoms with E-state index in [2.05, 4.69) is 21.0 Å². The van der Waals surface area contributed by atoms with Crippen LogP contribution in [-0.2, 0) is 11.5 Å². The Morgan fingerprint density at radius 1 is 1.26 bits per heavy atom. The number of halogens is 5. The van der Waals surface area contributed by atoms with Crippen molar-refractivity contribution >= 4 is 15.9 Å². The second-order valence-electron chi connectivity index (χ2n) is 4.00. The molecule has 0 fully saturated rings.